The molecule has 2 radical (unpaired) electrons. The summed E-state index contributed by atoms with van der Waals surface area (Å²) in [6.07, 6.45) is 0.386. The number of carbonyl (C=O) groups excluding carboxylic acids is 1. The summed E-state index contributed by atoms with van der Waals surface area (Å²) in [5.74, 6) is -0.235. The van der Waals surface area contributed by atoms with Crippen LogP contribution in [0.5, 0.6) is 0 Å². The van der Waals surface area contributed by atoms with E-state index >= 15 is 0 Å². The van der Waals surface area contributed by atoms with Gasteiger partial charge in [0, 0.05) is 20.5 Å². The first-order valence-corrected chi connectivity index (χ1v) is 7.79. The number of halogens is 3. The van der Waals surface area contributed by atoms with Crippen molar-refractivity contribution in [1.82, 2.24) is 0 Å². The molecule has 2 aromatic rings. The molecule has 0 bridgehead atoms. The van der Waals surface area contributed by atoms with Gasteiger partial charge < -0.3 is 5.32 Å². The van der Waals surface area contributed by atoms with Gasteiger partial charge in [0.2, 0.25) is 5.91 Å². The van der Waals surface area contributed by atoms with Crippen LogP contribution in [0.4, 0.5) is 5.69 Å². The Kier molecular flexibility index (Phi) is 3.81. The summed E-state index contributed by atoms with van der Waals surface area (Å²) in [5, 5.41) is 2.86. The number of amides is 1. The normalized spacial score (nSPS) is 20.2. The van der Waals surface area contributed by atoms with Gasteiger partial charge in [0.15, 0.2) is 0 Å². The van der Waals surface area contributed by atoms with E-state index in [1.54, 1.807) is 24.3 Å². The number of hydrogen-bond donors (Lipinski definition) is 1. The Labute approximate surface area is 142 Å². The van der Waals surface area contributed by atoms with Gasteiger partial charge in [0.25, 0.3) is 0 Å². The number of carbonyl (C=O) groups is 1. The Balaban J connectivity index is 2.03. The molecule has 1 atom stereocenters. The van der Waals surface area contributed by atoms with Crippen molar-refractivity contribution in [3.63, 3.8) is 0 Å². The predicted octanol–water partition coefficient (Wildman–Crippen LogP) is 4.31. The summed E-state index contributed by atoms with van der Waals surface area (Å²) in [6.45, 7) is 0. The Bertz CT molecular complexity index is 735. The van der Waals surface area contributed by atoms with Crippen molar-refractivity contribution in [3.8, 4) is 0 Å². The lowest BCUT2D eigenvalue weighted by Crippen LogP contribution is -2.37. The number of nitrogens with one attached hydrogen (secondary N) is 1. The lowest BCUT2D eigenvalue weighted by molar-refractivity contribution is -0.118. The highest BCUT2D eigenvalue weighted by Gasteiger charge is 2.42. The number of rotatable bonds is 2. The standard InChI is InChI=1S/C15H9BBrCl2NO/c16-15(7-8-1-3-9(18)4-2-8)10-5-11(17)12(19)6-13(10)20-14(15)21/h1-6H,7H2,(H,20,21). The third-order valence-electron chi connectivity index (χ3n) is 3.59. The smallest absolute Gasteiger partial charge is 0.226 e. The van der Waals surface area contributed by atoms with Crippen molar-refractivity contribution in [2.45, 2.75) is 11.7 Å². The molecule has 2 nitrogen and oxygen atoms in total. The molecule has 0 saturated carbocycles. The summed E-state index contributed by atoms with van der Waals surface area (Å²) in [7, 11) is 6.39. The Morgan fingerprint density at radius 2 is 1.86 bits per heavy atom. The molecule has 1 aliphatic rings. The minimum Gasteiger partial charge on any atom is -0.326 e. The summed E-state index contributed by atoms with van der Waals surface area (Å²) in [5.41, 5.74) is 2.33. The average Bonchev–Trinajstić information content (AvgIpc) is 2.66. The summed E-state index contributed by atoms with van der Waals surface area (Å²) in [4.78, 5) is 12.3. The Morgan fingerprint density at radius 1 is 1.19 bits per heavy atom. The minimum atomic E-state index is -1.11. The van der Waals surface area contributed by atoms with E-state index in [4.69, 9.17) is 31.0 Å². The zero-order valence-corrected chi connectivity index (χ0v) is 13.9. The monoisotopic (exact) mass is 379 g/mol. The summed E-state index contributed by atoms with van der Waals surface area (Å²) >= 11 is 15.3. The average molecular weight is 381 g/mol. The van der Waals surface area contributed by atoms with E-state index in [1.165, 1.54) is 0 Å². The molecule has 1 amide bonds. The van der Waals surface area contributed by atoms with Crippen LogP contribution in [0.1, 0.15) is 11.1 Å². The van der Waals surface area contributed by atoms with Gasteiger partial charge in [-0.3, -0.25) is 4.79 Å². The second kappa shape index (κ2) is 5.34. The van der Waals surface area contributed by atoms with E-state index in [-0.39, 0.29) is 5.91 Å². The van der Waals surface area contributed by atoms with Gasteiger partial charge in [0.05, 0.1) is 12.9 Å². The van der Waals surface area contributed by atoms with Crippen LogP contribution in [-0.4, -0.2) is 13.8 Å². The molecule has 6 heteroatoms. The van der Waals surface area contributed by atoms with Crippen LogP contribution in [0.2, 0.25) is 10.0 Å². The lowest BCUT2D eigenvalue weighted by Gasteiger charge is -2.23. The highest BCUT2D eigenvalue weighted by Crippen LogP contribution is 2.42. The minimum absolute atomic E-state index is 0.235. The molecule has 0 aliphatic carbocycles. The van der Waals surface area contributed by atoms with Gasteiger partial charge in [-0.15, -0.1) is 0 Å². The maximum absolute atomic E-state index is 12.3. The molecule has 0 aromatic heterocycles. The molecule has 3 rings (SSSR count). The maximum atomic E-state index is 12.3. The SMILES string of the molecule is [B]C1(Cc2ccc(Cl)cc2)C(=O)Nc2cc(Cl)c(Br)cc21. The van der Waals surface area contributed by atoms with Gasteiger partial charge >= 0.3 is 0 Å². The molecule has 0 fully saturated rings. The molecular weight excluding hydrogens is 372 g/mol. The highest BCUT2D eigenvalue weighted by atomic mass is 79.9. The number of benzene rings is 2. The van der Waals surface area contributed by atoms with Crippen molar-refractivity contribution in [1.29, 1.82) is 0 Å². The van der Waals surface area contributed by atoms with E-state index in [9.17, 15) is 4.79 Å². The molecule has 1 aliphatic heterocycles. The predicted molar refractivity (Wildman–Crippen MR) is 90.4 cm³/mol. The van der Waals surface area contributed by atoms with Crippen LogP contribution in [0.3, 0.4) is 0 Å². The molecule has 1 heterocycles. The van der Waals surface area contributed by atoms with E-state index in [2.05, 4.69) is 21.2 Å². The fraction of sp³-hybridized carbons (Fsp3) is 0.133. The Morgan fingerprint density at radius 3 is 2.52 bits per heavy atom. The van der Waals surface area contributed by atoms with Crippen LogP contribution in [0.15, 0.2) is 40.9 Å². The molecule has 1 unspecified atom stereocenters. The number of anilines is 1. The van der Waals surface area contributed by atoms with Gasteiger partial charge in [-0.2, -0.15) is 0 Å². The van der Waals surface area contributed by atoms with Crippen molar-refractivity contribution in [3.05, 3.63) is 62.0 Å². The first-order chi connectivity index (χ1) is 9.90. The van der Waals surface area contributed by atoms with Crippen molar-refractivity contribution >= 4 is 58.6 Å². The third-order valence-corrected chi connectivity index (χ3v) is 5.04. The highest BCUT2D eigenvalue weighted by molar-refractivity contribution is 9.10. The van der Waals surface area contributed by atoms with E-state index < -0.39 is 5.31 Å². The number of fused-ring (bicyclic) bond motifs is 1. The van der Waals surface area contributed by atoms with Gasteiger partial charge in [-0.25, -0.2) is 0 Å². The first kappa shape index (κ1) is 15.0. The van der Waals surface area contributed by atoms with Gasteiger partial charge in [-0.1, -0.05) is 35.3 Å². The van der Waals surface area contributed by atoms with E-state index in [0.717, 1.165) is 11.1 Å². The lowest BCUT2D eigenvalue weighted by atomic mass is 9.61. The zero-order valence-electron chi connectivity index (χ0n) is 10.8. The molecule has 0 saturated heterocycles. The van der Waals surface area contributed by atoms with E-state index in [0.29, 0.717) is 26.6 Å². The largest absolute Gasteiger partial charge is 0.326 e. The molecule has 21 heavy (non-hydrogen) atoms. The van der Waals surface area contributed by atoms with Crippen molar-refractivity contribution in [2.75, 3.05) is 5.32 Å². The van der Waals surface area contributed by atoms with Gasteiger partial charge in [-0.05, 0) is 57.7 Å². The first-order valence-electron chi connectivity index (χ1n) is 6.24. The molecule has 0 spiro atoms. The van der Waals surface area contributed by atoms with Crippen LogP contribution in [0.25, 0.3) is 0 Å². The second-order valence-electron chi connectivity index (χ2n) is 5.04. The van der Waals surface area contributed by atoms with Crippen LogP contribution in [0, 0.1) is 0 Å². The fourth-order valence-electron chi connectivity index (χ4n) is 2.48. The summed E-state index contributed by atoms with van der Waals surface area (Å²) in [6, 6.07) is 10.8. The quantitative estimate of drug-likeness (QED) is 0.772. The Hall–Kier alpha value is -0.965. The van der Waals surface area contributed by atoms with Crippen LogP contribution in [-0.2, 0) is 16.5 Å². The molecular formula is C15H9BBrCl2NO. The maximum Gasteiger partial charge on any atom is 0.226 e. The van der Waals surface area contributed by atoms with E-state index in [1.807, 2.05) is 12.1 Å². The molecule has 1 N–H and O–H groups in total. The number of hydrogen-bond acceptors (Lipinski definition) is 1. The summed E-state index contributed by atoms with van der Waals surface area (Å²) < 4.78 is 0.713. The van der Waals surface area contributed by atoms with Crippen molar-refractivity contribution in [2.24, 2.45) is 0 Å². The van der Waals surface area contributed by atoms with Crippen LogP contribution >= 0.6 is 39.1 Å². The van der Waals surface area contributed by atoms with Crippen molar-refractivity contribution < 1.29 is 4.79 Å². The van der Waals surface area contributed by atoms with Crippen LogP contribution < -0.4 is 5.32 Å². The molecule has 104 valence electrons. The van der Waals surface area contributed by atoms with Gasteiger partial charge in [0.1, 0.15) is 0 Å². The topological polar surface area (TPSA) is 29.1 Å². The zero-order chi connectivity index (χ0) is 15.2. The second-order valence-corrected chi connectivity index (χ2v) is 6.74. The fourth-order valence-corrected chi connectivity index (χ4v) is 3.11. The third kappa shape index (κ3) is 2.61. The molecule has 2 aromatic carbocycles.